The molecule has 0 spiro atoms. The van der Waals surface area contributed by atoms with E-state index in [0.29, 0.717) is 6.54 Å². The van der Waals surface area contributed by atoms with Crippen LogP contribution >= 0.6 is 9.39 Å². The maximum absolute atomic E-state index is 12.7. The first-order valence-electron chi connectivity index (χ1n) is 5.29. The summed E-state index contributed by atoms with van der Waals surface area (Å²) in [4.78, 5) is 0. The summed E-state index contributed by atoms with van der Waals surface area (Å²) in [5, 5.41) is 0. The second-order valence-electron chi connectivity index (χ2n) is 4.02. The molecule has 1 fully saturated rings. The Morgan fingerprint density at radius 3 is 2.59 bits per heavy atom. The fraction of sp³-hybridized carbons (Fsp3) is 0.455. The van der Waals surface area contributed by atoms with Crippen LogP contribution in [0.25, 0.3) is 0 Å². The molecule has 1 heterocycles. The highest BCUT2D eigenvalue weighted by molar-refractivity contribution is 7.13. The van der Waals surface area contributed by atoms with E-state index in [2.05, 4.69) is 9.39 Å². The Bertz CT molecular complexity index is 397. The molecule has 0 aromatic heterocycles. The molecule has 0 saturated carbocycles. The topological polar surface area (TPSA) is 12.5 Å². The van der Waals surface area contributed by atoms with Gasteiger partial charge in [0.2, 0.25) is 0 Å². The summed E-state index contributed by atoms with van der Waals surface area (Å²) in [6.07, 6.45) is -3.79. The summed E-state index contributed by atoms with van der Waals surface area (Å²) in [6, 6.07) is 5.33. The van der Waals surface area contributed by atoms with Gasteiger partial charge in [-0.1, -0.05) is 21.5 Å². The number of ether oxygens (including phenoxy) is 1. The number of para-hydroxylation sites is 1. The Morgan fingerprint density at radius 2 is 2.00 bits per heavy atom. The second-order valence-corrected chi connectivity index (χ2v) is 4.75. The predicted octanol–water partition coefficient (Wildman–Crippen LogP) is 2.95. The molecule has 2 rings (SSSR count). The van der Waals surface area contributed by atoms with Crippen molar-refractivity contribution >= 4 is 9.39 Å². The van der Waals surface area contributed by atoms with Crippen LogP contribution in [0.4, 0.5) is 13.2 Å². The summed E-state index contributed by atoms with van der Waals surface area (Å²) in [5.41, 5.74) is -0.706. The van der Waals surface area contributed by atoms with Crippen LogP contribution in [-0.4, -0.2) is 23.9 Å². The molecule has 6 heteroatoms. The Labute approximate surface area is 100 Å². The van der Waals surface area contributed by atoms with Gasteiger partial charge in [-0.25, -0.2) is 0 Å². The summed E-state index contributed by atoms with van der Waals surface area (Å²) in [5.74, 6) is -0.0784. The quantitative estimate of drug-likeness (QED) is 0.761. The van der Waals surface area contributed by atoms with Gasteiger partial charge < -0.3 is 4.74 Å². The summed E-state index contributed by atoms with van der Waals surface area (Å²) in [7, 11) is 2.53. The number of nitrogens with zero attached hydrogens (tertiary/aromatic N) is 1. The first-order chi connectivity index (χ1) is 7.97. The maximum atomic E-state index is 12.7. The van der Waals surface area contributed by atoms with Gasteiger partial charge in [0.25, 0.3) is 0 Å². The number of rotatable bonds is 2. The largest absolute Gasteiger partial charge is 0.488 e. The van der Waals surface area contributed by atoms with E-state index in [1.807, 2.05) is 4.67 Å². The van der Waals surface area contributed by atoms with Crippen LogP contribution < -0.4 is 4.74 Å². The minimum absolute atomic E-state index is 0.0784. The number of benzene rings is 1. The average molecular weight is 263 g/mol. The van der Waals surface area contributed by atoms with Crippen molar-refractivity contribution in [3.8, 4) is 5.75 Å². The lowest BCUT2D eigenvalue weighted by Crippen LogP contribution is -2.20. The van der Waals surface area contributed by atoms with Crippen molar-refractivity contribution in [3.63, 3.8) is 0 Å². The van der Waals surface area contributed by atoms with Gasteiger partial charge in [-0.2, -0.15) is 13.2 Å². The van der Waals surface area contributed by atoms with Gasteiger partial charge in [-0.05, 0) is 18.6 Å². The van der Waals surface area contributed by atoms with Crippen molar-refractivity contribution in [2.24, 2.45) is 0 Å². The molecule has 1 aromatic carbocycles. The van der Waals surface area contributed by atoms with Gasteiger partial charge in [-0.3, -0.25) is 4.67 Å². The number of alkyl halides is 3. The van der Waals surface area contributed by atoms with Crippen molar-refractivity contribution in [3.05, 3.63) is 29.8 Å². The lowest BCUT2D eigenvalue weighted by atomic mass is 10.2. The Balaban J connectivity index is 2.15. The van der Waals surface area contributed by atoms with Gasteiger partial charge >= 0.3 is 6.18 Å². The minimum Gasteiger partial charge on any atom is -0.488 e. The molecule has 1 unspecified atom stereocenters. The van der Waals surface area contributed by atoms with Crippen molar-refractivity contribution in [2.75, 3.05) is 13.1 Å². The predicted molar refractivity (Wildman–Crippen MR) is 61.8 cm³/mol. The van der Waals surface area contributed by atoms with Crippen LogP contribution in [0.5, 0.6) is 5.75 Å². The van der Waals surface area contributed by atoms with Crippen molar-refractivity contribution in [1.82, 2.24) is 4.67 Å². The molecule has 1 saturated heterocycles. The van der Waals surface area contributed by atoms with Gasteiger partial charge in [0, 0.05) is 13.1 Å². The van der Waals surface area contributed by atoms with Crippen LogP contribution in [0.2, 0.25) is 0 Å². The molecular weight excluding hydrogens is 250 g/mol. The third-order valence-electron chi connectivity index (χ3n) is 2.66. The second kappa shape index (κ2) is 4.83. The van der Waals surface area contributed by atoms with Gasteiger partial charge in [0.1, 0.15) is 11.9 Å². The smallest absolute Gasteiger partial charge is 0.419 e. The van der Waals surface area contributed by atoms with E-state index in [9.17, 15) is 13.2 Å². The van der Waals surface area contributed by atoms with Crippen LogP contribution in [-0.2, 0) is 6.18 Å². The monoisotopic (exact) mass is 263 g/mol. The third kappa shape index (κ3) is 3.11. The lowest BCUT2D eigenvalue weighted by Gasteiger charge is -2.17. The molecule has 94 valence electrons. The molecule has 2 atom stereocenters. The SMILES string of the molecule is FC(F)(F)c1ccccc1O[C@H]1CCN(P)C1. The highest BCUT2D eigenvalue weighted by Gasteiger charge is 2.35. The fourth-order valence-electron chi connectivity index (χ4n) is 1.83. The van der Waals surface area contributed by atoms with Crippen molar-refractivity contribution in [2.45, 2.75) is 18.7 Å². The first-order valence-corrected chi connectivity index (χ1v) is 5.81. The summed E-state index contributed by atoms with van der Waals surface area (Å²) in [6.45, 7) is 1.46. The zero-order valence-electron chi connectivity index (χ0n) is 9.07. The van der Waals surface area contributed by atoms with E-state index in [1.54, 1.807) is 6.07 Å². The molecular formula is C11H13F3NOP. The molecule has 1 aromatic rings. The number of hydrogen-bond donors (Lipinski definition) is 0. The normalized spacial score (nSPS) is 21.8. The van der Waals surface area contributed by atoms with Crippen LogP contribution in [0.1, 0.15) is 12.0 Å². The highest BCUT2D eigenvalue weighted by atomic mass is 31.0. The molecule has 0 N–H and O–H groups in total. The molecule has 2 nitrogen and oxygen atoms in total. The summed E-state index contributed by atoms with van der Waals surface area (Å²) >= 11 is 0. The van der Waals surface area contributed by atoms with E-state index < -0.39 is 11.7 Å². The molecule has 17 heavy (non-hydrogen) atoms. The minimum atomic E-state index is -4.37. The number of halogens is 3. The molecule has 0 aliphatic carbocycles. The lowest BCUT2D eigenvalue weighted by molar-refractivity contribution is -0.139. The highest BCUT2D eigenvalue weighted by Crippen LogP contribution is 2.36. The van der Waals surface area contributed by atoms with E-state index in [4.69, 9.17) is 4.74 Å². The van der Waals surface area contributed by atoms with Crippen LogP contribution in [0, 0.1) is 0 Å². The Morgan fingerprint density at radius 1 is 1.29 bits per heavy atom. The van der Waals surface area contributed by atoms with Gasteiger partial charge in [0.05, 0.1) is 5.56 Å². The Hall–Kier alpha value is -0.800. The molecule has 0 radical (unpaired) electrons. The van der Waals surface area contributed by atoms with Crippen LogP contribution in [0.3, 0.4) is 0 Å². The maximum Gasteiger partial charge on any atom is 0.419 e. The standard InChI is InChI=1S/C11H13F3NOP/c12-11(13,14)9-3-1-2-4-10(9)16-8-5-6-15(17)7-8/h1-4,8H,5-7,17H2/t8-/m0/s1. The van der Waals surface area contributed by atoms with E-state index >= 15 is 0 Å². The fourth-order valence-corrected chi connectivity index (χ4v) is 2.22. The third-order valence-corrected chi connectivity index (χ3v) is 3.13. The van der Waals surface area contributed by atoms with Crippen LogP contribution in [0.15, 0.2) is 24.3 Å². The molecule has 0 bridgehead atoms. The first kappa shape index (κ1) is 12.7. The van der Waals surface area contributed by atoms with Gasteiger partial charge in [-0.15, -0.1) is 0 Å². The van der Waals surface area contributed by atoms with Crippen molar-refractivity contribution < 1.29 is 17.9 Å². The van der Waals surface area contributed by atoms with Gasteiger partial charge in [0.15, 0.2) is 0 Å². The molecule has 0 amide bonds. The Kier molecular flexibility index (Phi) is 3.59. The van der Waals surface area contributed by atoms with Crippen molar-refractivity contribution in [1.29, 1.82) is 0 Å². The average Bonchev–Trinajstić information content (AvgIpc) is 2.63. The summed E-state index contributed by atoms with van der Waals surface area (Å²) < 4.78 is 45.5. The van der Waals surface area contributed by atoms with E-state index in [0.717, 1.165) is 19.0 Å². The molecule has 1 aliphatic rings. The van der Waals surface area contributed by atoms with E-state index in [-0.39, 0.29) is 11.9 Å². The molecule has 1 aliphatic heterocycles. The number of hydrogen-bond acceptors (Lipinski definition) is 2. The zero-order chi connectivity index (χ0) is 12.5. The zero-order valence-corrected chi connectivity index (χ0v) is 10.2. The van der Waals surface area contributed by atoms with E-state index in [1.165, 1.54) is 12.1 Å².